The maximum atomic E-state index is 11.9. The van der Waals surface area contributed by atoms with Crippen molar-refractivity contribution >= 4 is 11.9 Å². The Kier molecular flexibility index (Phi) is 11.3. The molecule has 156 valence electrons. The average Bonchev–Trinajstić information content (AvgIpc) is 2.41. The molecule has 0 aliphatic rings. The van der Waals surface area contributed by atoms with Crippen LogP contribution >= 0.6 is 0 Å². The standard InChI is InChI=1S/C23H40O4/c1-18(2)14-22(5,6)16-20(24)26-12-10-9-11-13-27-21(25)17-23(7,8)15-19(3)4/h1,3,9-17H2,2,4-8H3. The van der Waals surface area contributed by atoms with Crippen LogP contribution in [0.15, 0.2) is 24.3 Å². The van der Waals surface area contributed by atoms with E-state index < -0.39 is 0 Å². The van der Waals surface area contributed by atoms with Crippen LogP contribution in [0.3, 0.4) is 0 Å². The minimum atomic E-state index is -0.160. The molecule has 0 amide bonds. The smallest absolute Gasteiger partial charge is 0.306 e. The molecule has 0 radical (unpaired) electrons. The molecule has 0 aliphatic heterocycles. The Labute approximate surface area is 166 Å². The molecule has 0 rings (SSSR count). The molecule has 0 fully saturated rings. The molecule has 27 heavy (non-hydrogen) atoms. The molecule has 0 spiro atoms. The highest BCUT2D eigenvalue weighted by atomic mass is 16.5. The number of ether oxygens (including phenoxy) is 2. The van der Waals surface area contributed by atoms with E-state index in [-0.39, 0.29) is 22.8 Å². The highest BCUT2D eigenvalue weighted by Gasteiger charge is 2.23. The highest BCUT2D eigenvalue weighted by Crippen LogP contribution is 2.29. The highest BCUT2D eigenvalue weighted by molar-refractivity contribution is 5.70. The lowest BCUT2D eigenvalue weighted by molar-refractivity contribution is -0.146. The summed E-state index contributed by atoms with van der Waals surface area (Å²) in [4.78, 5) is 23.8. The van der Waals surface area contributed by atoms with Gasteiger partial charge in [0.1, 0.15) is 0 Å². The van der Waals surface area contributed by atoms with Crippen molar-refractivity contribution in [1.82, 2.24) is 0 Å². The van der Waals surface area contributed by atoms with Crippen molar-refractivity contribution in [2.75, 3.05) is 13.2 Å². The fourth-order valence-corrected chi connectivity index (χ4v) is 3.40. The summed E-state index contributed by atoms with van der Waals surface area (Å²) >= 11 is 0. The van der Waals surface area contributed by atoms with E-state index in [1.807, 2.05) is 13.8 Å². The number of carbonyl (C=O) groups excluding carboxylic acids is 2. The van der Waals surface area contributed by atoms with Gasteiger partial charge in [0.2, 0.25) is 0 Å². The van der Waals surface area contributed by atoms with Gasteiger partial charge in [0.05, 0.1) is 26.1 Å². The SMILES string of the molecule is C=C(C)CC(C)(C)CC(=O)OCCCCCOC(=O)CC(C)(C)CC(=C)C. The summed E-state index contributed by atoms with van der Waals surface area (Å²) in [6, 6.07) is 0. The van der Waals surface area contributed by atoms with Crippen LogP contribution in [0.1, 0.15) is 86.5 Å². The Bertz CT molecular complexity index is 468. The first-order valence-electron chi connectivity index (χ1n) is 9.93. The molecule has 0 aromatic carbocycles. The molecular weight excluding hydrogens is 340 g/mol. The van der Waals surface area contributed by atoms with Gasteiger partial charge >= 0.3 is 11.9 Å². The van der Waals surface area contributed by atoms with E-state index in [0.29, 0.717) is 26.1 Å². The average molecular weight is 381 g/mol. The second-order valence-corrected chi connectivity index (χ2v) is 9.45. The summed E-state index contributed by atoms with van der Waals surface area (Å²) in [5.74, 6) is -0.320. The van der Waals surface area contributed by atoms with Crippen LogP contribution in [0.5, 0.6) is 0 Å². The molecule has 0 N–H and O–H groups in total. The Morgan fingerprint density at radius 2 is 1.00 bits per heavy atom. The number of esters is 2. The normalized spacial score (nSPS) is 11.8. The van der Waals surface area contributed by atoms with Crippen LogP contribution in [0, 0.1) is 10.8 Å². The van der Waals surface area contributed by atoms with Crippen molar-refractivity contribution in [1.29, 1.82) is 0 Å². The first-order chi connectivity index (χ1) is 12.3. The zero-order valence-electron chi connectivity index (χ0n) is 18.4. The van der Waals surface area contributed by atoms with Crippen molar-refractivity contribution in [3.05, 3.63) is 24.3 Å². The molecule has 0 aromatic rings. The second-order valence-electron chi connectivity index (χ2n) is 9.45. The quantitative estimate of drug-likeness (QED) is 0.210. The molecule has 0 atom stereocenters. The molecule has 4 nitrogen and oxygen atoms in total. The summed E-state index contributed by atoms with van der Waals surface area (Å²) in [7, 11) is 0. The topological polar surface area (TPSA) is 52.6 Å². The Balaban J connectivity index is 3.80. The first-order valence-corrected chi connectivity index (χ1v) is 9.93. The largest absolute Gasteiger partial charge is 0.466 e. The van der Waals surface area contributed by atoms with Crippen molar-refractivity contribution in [3.8, 4) is 0 Å². The van der Waals surface area contributed by atoms with Crippen molar-refractivity contribution < 1.29 is 19.1 Å². The molecule has 0 bridgehead atoms. The Morgan fingerprint density at radius 1 is 0.667 bits per heavy atom. The third-order valence-corrected chi connectivity index (χ3v) is 4.12. The lowest BCUT2D eigenvalue weighted by Gasteiger charge is -2.23. The zero-order chi connectivity index (χ0) is 21.1. The lowest BCUT2D eigenvalue weighted by Crippen LogP contribution is -2.20. The molecular formula is C23H40O4. The van der Waals surface area contributed by atoms with E-state index in [2.05, 4.69) is 40.9 Å². The van der Waals surface area contributed by atoms with E-state index in [1.165, 1.54) is 0 Å². The van der Waals surface area contributed by atoms with Crippen LogP contribution in [0.4, 0.5) is 0 Å². The van der Waals surface area contributed by atoms with E-state index >= 15 is 0 Å². The van der Waals surface area contributed by atoms with Gasteiger partial charge in [-0.1, -0.05) is 38.8 Å². The minimum Gasteiger partial charge on any atom is -0.466 e. The van der Waals surface area contributed by atoms with Gasteiger partial charge in [-0.15, -0.1) is 13.2 Å². The Hall–Kier alpha value is -1.58. The second kappa shape index (κ2) is 12.0. The predicted molar refractivity (Wildman–Crippen MR) is 111 cm³/mol. The molecule has 4 heteroatoms. The van der Waals surface area contributed by atoms with Crippen LogP contribution < -0.4 is 0 Å². The first kappa shape index (κ1) is 25.4. The van der Waals surface area contributed by atoms with Gasteiger partial charge in [-0.05, 0) is 56.8 Å². The summed E-state index contributed by atoms with van der Waals surface area (Å²) < 4.78 is 10.6. The van der Waals surface area contributed by atoms with Gasteiger partial charge in [0.25, 0.3) is 0 Å². The van der Waals surface area contributed by atoms with Gasteiger partial charge in [0.15, 0.2) is 0 Å². The predicted octanol–water partition coefficient (Wildman–Crippen LogP) is 6.01. The van der Waals surface area contributed by atoms with E-state index in [1.54, 1.807) is 0 Å². The van der Waals surface area contributed by atoms with Crippen molar-refractivity contribution in [3.63, 3.8) is 0 Å². The van der Waals surface area contributed by atoms with Crippen molar-refractivity contribution in [2.24, 2.45) is 10.8 Å². The molecule has 0 aliphatic carbocycles. The number of unbranched alkanes of at least 4 members (excludes halogenated alkanes) is 2. The van der Waals surface area contributed by atoms with E-state index in [4.69, 9.17) is 9.47 Å². The third kappa shape index (κ3) is 15.2. The molecule has 0 heterocycles. The van der Waals surface area contributed by atoms with Gasteiger partial charge in [-0.25, -0.2) is 0 Å². The molecule has 0 saturated heterocycles. The summed E-state index contributed by atoms with van der Waals surface area (Å²) in [5, 5.41) is 0. The molecule has 0 saturated carbocycles. The van der Waals surface area contributed by atoms with Gasteiger partial charge in [0, 0.05) is 0 Å². The van der Waals surface area contributed by atoms with Crippen LogP contribution in [0.2, 0.25) is 0 Å². The number of hydrogen-bond donors (Lipinski definition) is 0. The number of hydrogen-bond acceptors (Lipinski definition) is 4. The van der Waals surface area contributed by atoms with E-state index in [0.717, 1.165) is 43.3 Å². The Morgan fingerprint density at radius 3 is 1.30 bits per heavy atom. The molecule has 0 unspecified atom stereocenters. The maximum Gasteiger partial charge on any atom is 0.306 e. The minimum absolute atomic E-state index is 0.116. The number of allylic oxidation sites excluding steroid dienone is 2. The maximum absolute atomic E-state index is 11.9. The summed E-state index contributed by atoms with van der Waals surface area (Å²) in [6.45, 7) is 20.8. The number of rotatable bonds is 14. The van der Waals surface area contributed by atoms with Crippen LogP contribution in [-0.4, -0.2) is 25.2 Å². The summed E-state index contributed by atoms with van der Waals surface area (Å²) in [6.07, 6.45) is 4.86. The van der Waals surface area contributed by atoms with Crippen molar-refractivity contribution in [2.45, 2.75) is 86.5 Å². The van der Waals surface area contributed by atoms with Gasteiger partial charge in [-0.2, -0.15) is 0 Å². The fraction of sp³-hybridized carbons (Fsp3) is 0.739. The number of carbonyl (C=O) groups is 2. The lowest BCUT2D eigenvalue weighted by atomic mass is 9.83. The van der Waals surface area contributed by atoms with Crippen LogP contribution in [-0.2, 0) is 19.1 Å². The monoisotopic (exact) mass is 380 g/mol. The van der Waals surface area contributed by atoms with Crippen LogP contribution in [0.25, 0.3) is 0 Å². The fourth-order valence-electron chi connectivity index (χ4n) is 3.40. The molecule has 0 aromatic heterocycles. The third-order valence-electron chi connectivity index (χ3n) is 4.12. The van der Waals surface area contributed by atoms with Gasteiger partial charge < -0.3 is 9.47 Å². The summed E-state index contributed by atoms with van der Waals surface area (Å²) in [5.41, 5.74) is 1.92. The van der Waals surface area contributed by atoms with Gasteiger partial charge in [-0.3, -0.25) is 9.59 Å². The van der Waals surface area contributed by atoms with E-state index in [9.17, 15) is 9.59 Å². The zero-order valence-corrected chi connectivity index (χ0v) is 18.4.